The molecule has 1 saturated heterocycles. The summed E-state index contributed by atoms with van der Waals surface area (Å²) in [6.07, 6.45) is 4.69. The third kappa shape index (κ3) is 4.03. The number of likely N-dealkylation sites (tertiary alicyclic amines) is 1. The van der Waals surface area contributed by atoms with Crippen LogP contribution in [-0.4, -0.2) is 42.9 Å². The van der Waals surface area contributed by atoms with Gasteiger partial charge in [0.1, 0.15) is 0 Å². The van der Waals surface area contributed by atoms with E-state index in [0.717, 1.165) is 38.0 Å². The van der Waals surface area contributed by atoms with E-state index in [9.17, 15) is 9.59 Å². The standard InChI is InChI=1S/C20H29N3O2/c1-20(14-21)11-5-12-22(15-20)18(24)8-4-13-23-17-7-3-2-6-16(17)9-10-19(23)25/h2-3,6-7H,4-5,8-15,21H2,1H3. The fraction of sp³-hybridized carbons (Fsp3) is 0.600. The summed E-state index contributed by atoms with van der Waals surface area (Å²) in [5.41, 5.74) is 8.17. The van der Waals surface area contributed by atoms with Crippen LogP contribution in [0.5, 0.6) is 0 Å². The summed E-state index contributed by atoms with van der Waals surface area (Å²) >= 11 is 0. The van der Waals surface area contributed by atoms with Gasteiger partial charge >= 0.3 is 0 Å². The second kappa shape index (κ2) is 7.56. The van der Waals surface area contributed by atoms with Gasteiger partial charge in [-0.15, -0.1) is 0 Å². The second-order valence-corrected chi connectivity index (χ2v) is 7.71. The van der Waals surface area contributed by atoms with E-state index in [2.05, 4.69) is 13.0 Å². The lowest BCUT2D eigenvalue weighted by atomic mass is 9.82. The molecule has 136 valence electrons. The number of rotatable bonds is 5. The Kier molecular flexibility index (Phi) is 5.42. The molecule has 0 aromatic heterocycles. The molecular weight excluding hydrogens is 314 g/mol. The fourth-order valence-corrected chi connectivity index (χ4v) is 3.98. The molecule has 2 amide bonds. The largest absolute Gasteiger partial charge is 0.342 e. The molecule has 3 rings (SSSR count). The third-order valence-electron chi connectivity index (χ3n) is 5.59. The molecule has 0 bridgehead atoms. The van der Waals surface area contributed by atoms with Gasteiger partial charge in [-0.05, 0) is 49.3 Å². The number of benzene rings is 1. The van der Waals surface area contributed by atoms with E-state index in [1.807, 2.05) is 28.0 Å². The van der Waals surface area contributed by atoms with Crippen LogP contribution in [0.25, 0.3) is 0 Å². The fourth-order valence-electron chi connectivity index (χ4n) is 3.98. The van der Waals surface area contributed by atoms with Crippen molar-refractivity contribution in [1.82, 2.24) is 4.90 Å². The van der Waals surface area contributed by atoms with E-state index in [4.69, 9.17) is 5.73 Å². The molecule has 5 heteroatoms. The van der Waals surface area contributed by atoms with Crippen LogP contribution in [0.3, 0.4) is 0 Å². The number of nitrogens with zero attached hydrogens (tertiary/aromatic N) is 2. The van der Waals surface area contributed by atoms with E-state index in [1.54, 1.807) is 0 Å². The molecule has 2 aliphatic rings. The molecule has 5 nitrogen and oxygen atoms in total. The molecule has 25 heavy (non-hydrogen) atoms. The van der Waals surface area contributed by atoms with Crippen molar-refractivity contribution < 1.29 is 9.59 Å². The summed E-state index contributed by atoms with van der Waals surface area (Å²) in [4.78, 5) is 28.6. The molecule has 1 aromatic rings. The average Bonchev–Trinajstić information content (AvgIpc) is 2.63. The Labute approximate surface area is 150 Å². The molecule has 0 saturated carbocycles. The number of piperidine rings is 1. The number of nitrogens with two attached hydrogens (primary N) is 1. The summed E-state index contributed by atoms with van der Waals surface area (Å²) in [5, 5.41) is 0. The smallest absolute Gasteiger partial charge is 0.227 e. The minimum atomic E-state index is 0.0513. The lowest BCUT2D eigenvalue weighted by molar-refractivity contribution is -0.134. The first-order valence-corrected chi connectivity index (χ1v) is 9.38. The highest BCUT2D eigenvalue weighted by Crippen LogP contribution is 2.29. The SMILES string of the molecule is CC1(CN)CCCN(C(=O)CCCN2C(=O)CCc3ccccc32)C1. The van der Waals surface area contributed by atoms with Crippen LogP contribution >= 0.6 is 0 Å². The van der Waals surface area contributed by atoms with E-state index in [1.165, 1.54) is 5.56 Å². The first kappa shape index (κ1) is 17.9. The molecule has 2 aliphatic heterocycles. The van der Waals surface area contributed by atoms with Gasteiger partial charge in [0.15, 0.2) is 0 Å². The highest BCUT2D eigenvalue weighted by Gasteiger charge is 2.32. The van der Waals surface area contributed by atoms with Gasteiger partial charge in [-0.3, -0.25) is 9.59 Å². The van der Waals surface area contributed by atoms with Crippen LogP contribution in [0.4, 0.5) is 5.69 Å². The normalized spacial score (nSPS) is 23.5. The van der Waals surface area contributed by atoms with Gasteiger partial charge in [0.2, 0.25) is 11.8 Å². The van der Waals surface area contributed by atoms with Crippen LogP contribution in [0, 0.1) is 5.41 Å². The summed E-state index contributed by atoms with van der Waals surface area (Å²) in [5.74, 6) is 0.358. The molecule has 0 aliphatic carbocycles. The first-order valence-electron chi connectivity index (χ1n) is 9.38. The number of hydrogen-bond donors (Lipinski definition) is 1. The van der Waals surface area contributed by atoms with Gasteiger partial charge in [0.25, 0.3) is 0 Å². The van der Waals surface area contributed by atoms with Gasteiger partial charge in [0.05, 0.1) is 0 Å². The lowest BCUT2D eigenvalue weighted by Gasteiger charge is -2.40. The lowest BCUT2D eigenvalue weighted by Crippen LogP contribution is -2.48. The highest BCUT2D eigenvalue weighted by atomic mass is 16.2. The van der Waals surface area contributed by atoms with Crippen LogP contribution < -0.4 is 10.6 Å². The van der Waals surface area contributed by atoms with Crippen molar-refractivity contribution in [2.75, 3.05) is 31.1 Å². The first-order chi connectivity index (χ1) is 12.0. The quantitative estimate of drug-likeness (QED) is 0.892. The zero-order valence-corrected chi connectivity index (χ0v) is 15.2. The minimum Gasteiger partial charge on any atom is -0.342 e. The summed E-state index contributed by atoms with van der Waals surface area (Å²) in [6.45, 7) is 4.99. The van der Waals surface area contributed by atoms with Crippen LogP contribution in [-0.2, 0) is 16.0 Å². The molecule has 0 radical (unpaired) electrons. The van der Waals surface area contributed by atoms with Crippen molar-refractivity contribution in [2.24, 2.45) is 11.1 Å². The van der Waals surface area contributed by atoms with Crippen molar-refractivity contribution >= 4 is 17.5 Å². The Bertz CT molecular complexity index is 646. The van der Waals surface area contributed by atoms with Crippen molar-refractivity contribution in [3.05, 3.63) is 29.8 Å². The highest BCUT2D eigenvalue weighted by molar-refractivity contribution is 5.96. The van der Waals surface area contributed by atoms with Crippen LogP contribution in [0.2, 0.25) is 0 Å². The topological polar surface area (TPSA) is 66.6 Å². The Morgan fingerprint density at radius 2 is 2.08 bits per heavy atom. The summed E-state index contributed by atoms with van der Waals surface area (Å²) < 4.78 is 0. The van der Waals surface area contributed by atoms with E-state index < -0.39 is 0 Å². The maximum absolute atomic E-state index is 12.6. The molecule has 1 unspecified atom stereocenters. The third-order valence-corrected chi connectivity index (χ3v) is 5.59. The second-order valence-electron chi connectivity index (χ2n) is 7.71. The Morgan fingerprint density at radius 3 is 2.88 bits per heavy atom. The maximum Gasteiger partial charge on any atom is 0.227 e. The molecule has 0 spiro atoms. The number of fused-ring (bicyclic) bond motifs is 1. The molecular formula is C20H29N3O2. The van der Waals surface area contributed by atoms with Gasteiger partial charge in [0, 0.05) is 38.2 Å². The number of amides is 2. The summed E-state index contributed by atoms with van der Waals surface area (Å²) in [6, 6.07) is 8.07. The predicted molar refractivity (Wildman–Crippen MR) is 99.3 cm³/mol. The van der Waals surface area contributed by atoms with Crippen molar-refractivity contribution in [3.63, 3.8) is 0 Å². The zero-order chi connectivity index (χ0) is 17.9. The Morgan fingerprint density at radius 1 is 1.28 bits per heavy atom. The van der Waals surface area contributed by atoms with Gasteiger partial charge in [-0.25, -0.2) is 0 Å². The van der Waals surface area contributed by atoms with Gasteiger partial charge < -0.3 is 15.5 Å². The molecule has 2 heterocycles. The number of hydrogen-bond acceptors (Lipinski definition) is 3. The van der Waals surface area contributed by atoms with Crippen molar-refractivity contribution in [3.8, 4) is 0 Å². The zero-order valence-electron chi connectivity index (χ0n) is 15.2. The van der Waals surface area contributed by atoms with Crippen molar-refractivity contribution in [1.29, 1.82) is 0 Å². The average molecular weight is 343 g/mol. The van der Waals surface area contributed by atoms with E-state index in [0.29, 0.717) is 32.4 Å². The minimum absolute atomic E-state index is 0.0513. The Balaban J connectivity index is 1.54. The molecule has 1 fully saturated rings. The van der Waals surface area contributed by atoms with Crippen LogP contribution in [0.1, 0.15) is 44.6 Å². The van der Waals surface area contributed by atoms with E-state index in [-0.39, 0.29) is 17.2 Å². The van der Waals surface area contributed by atoms with Gasteiger partial charge in [-0.2, -0.15) is 0 Å². The number of anilines is 1. The molecule has 2 N–H and O–H groups in total. The number of carbonyl (C=O) groups excluding carboxylic acids is 2. The number of para-hydroxylation sites is 1. The molecule has 1 aromatic carbocycles. The van der Waals surface area contributed by atoms with Crippen LogP contribution in [0.15, 0.2) is 24.3 Å². The summed E-state index contributed by atoms with van der Waals surface area (Å²) in [7, 11) is 0. The van der Waals surface area contributed by atoms with Crippen molar-refractivity contribution in [2.45, 2.75) is 45.4 Å². The van der Waals surface area contributed by atoms with E-state index >= 15 is 0 Å². The molecule has 1 atom stereocenters. The maximum atomic E-state index is 12.6. The van der Waals surface area contributed by atoms with Gasteiger partial charge in [-0.1, -0.05) is 25.1 Å². The monoisotopic (exact) mass is 343 g/mol. The number of aryl methyl sites for hydroxylation is 1. The predicted octanol–water partition coefficient (Wildman–Crippen LogP) is 2.33. The Hall–Kier alpha value is -1.88. The number of carbonyl (C=O) groups is 2.